The van der Waals surface area contributed by atoms with Gasteiger partial charge in [-0.05, 0) is 33.0 Å². The van der Waals surface area contributed by atoms with Crippen LogP contribution in [0.25, 0.3) is 11.3 Å². The summed E-state index contributed by atoms with van der Waals surface area (Å²) < 4.78 is 11.4. The quantitative estimate of drug-likeness (QED) is 0.922. The van der Waals surface area contributed by atoms with Crippen molar-refractivity contribution in [2.24, 2.45) is 0 Å². The van der Waals surface area contributed by atoms with Crippen molar-refractivity contribution in [3.8, 4) is 22.8 Å². The molecule has 2 heterocycles. The smallest absolute Gasteiger partial charge is 0.132 e. The molecule has 1 aliphatic heterocycles. The molecule has 2 aromatic rings. The molecule has 0 spiro atoms. The molecule has 0 bridgehead atoms. The molecule has 3 rings (SSSR count). The molecule has 0 saturated carbocycles. The molecular weight excluding hydrogens is 278 g/mol. The van der Waals surface area contributed by atoms with Crippen LogP contribution >= 0.6 is 0 Å². The van der Waals surface area contributed by atoms with Crippen molar-refractivity contribution in [3.05, 3.63) is 29.5 Å². The average Bonchev–Trinajstić information content (AvgIpc) is 2.91. The fourth-order valence-corrected chi connectivity index (χ4v) is 2.88. The number of benzene rings is 1. The standard InChI is InChI=1S/C17H23N3O2/c1-4-21-12-6-7-13(16(10-12)22-5-2)17-14-11-20(3)9-8-15(14)18-19-17/h6-7,10H,4-5,8-9,11H2,1-3H3,(H,18,19). The number of H-pyrrole nitrogens is 1. The van der Waals surface area contributed by atoms with E-state index in [2.05, 4.69) is 22.1 Å². The number of ether oxygens (including phenoxy) is 2. The molecule has 1 aromatic heterocycles. The minimum Gasteiger partial charge on any atom is -0.494 e. The van der Waals surface area contributed by atoms with Gasteiger partial charge >= 0.3 is 0 Å². The summed E-state index contributed by atoms with van der Waals surface area (Å²) in [5, 5.41) is 7.74. The van der Waals surface area contributed by atoms with Gasteiger partial charge in [-0.25, -0.2) is 0 Å². The zero-order chi connectivity index (χ0) is 15.5. The normalized spacial score (nSPS) is 14.7. The Hall–Kier alpha value is -2.01. The molecule has 5 nitrogen and oxygen atoms in total. The Balaban J connectivity index is 2.02. The maximum Gasteiger partial charge on any atom is 0.132 e. The molecule has 22 heavy (non-hydrogen) atoms. The van der Waals surface area contributed by atoms with Crippen LogP contribution in [0.15, 0.2) is 18.2 Å². The first-order chi connectivity index (χ1) is 10.7. The number of aromatic nitrogens is 2. The Labute approximate surface area is 131 Å². The van der Waals surface area contributed by atoms with Gasteiger partial charge in [0.25, 0.3) is 0 Å². The molecule has 0 radical (unpaired) electrons. The van der Waals surface area contributed by atoms with E-state index in [4.69, 9.17) is 9.47 Å². The summed E-state index contributed by atoms with van der Waals surface area (Å²) >= 11 is 0. The molecule has 0 saturated heterocycles. The molecule has 1 aliphatic rings. The largest absolute Gasteiger partial charge is 0.494 e. The lowest BCUT2D eigenvalue weighted by atomic mass is 10.0. The van der Waals surface area contributed by atoms with Gasteiger partial charge in [0.1, 0.15) is 17.2 Å². The highest BCUT2D eigenvalue weighted by molar-refractivity contribution is 5.72. The maximum atomic E-state index is 5.82. The van der Waals surface area contributed by atoms with Crippen molar-refractivity contribution in [3.63, 3.8) is 0 Å². The second kappa shape index (κ2) is 6.40. The highest BCUT2D eigenvalue weighted by Crippen LogP contribution is 2.36. The molecule has 118 valence electrons. The van der Waals surface area contributed by atoms with Crippen molar-refractivity contribution in [1.82, 2.24) is 15.1 Å². The Morgan fingerprint density at radius 3 is 2.82 bits per heavy atom. The minimum atomic E-state index is 0.620. The van der Waals surface area contributed by atoms with Crippen LogP contribution in [-0.4, -0.2) is 41.9 Å². The number of nitrogens with one attached hydrogen (secondary N) is 1. The van der Waals surface area contributed by atoms with Crippen LogP contribution in [0.3, 0.4) is 0 Å². The minimum absolute atomic E-state index is 0.620. The summed E-state index contributed by atoms with van der Waals surface area (Å²) in [6.45, 7) is 7.22. The molecule has 0 atom stereocenters. The molecule has 1 aromatic carbocycles. The van der Waals surface area contributed by atoms with Crippen LogP contribution in [0.2, 0.25) is 0 Å². The van der Waals surface area contributed by atoms with E-state index in [1.54, 1.807) is 0 Å². The fraction of sp³-hybridized carbons (Fsp3) is 0.471. The first kappa shape index (κ1) is 14.9. The summed E-state index contributed by atoms with van der Waals surface area (Å²) in [6.07, 6.45) is 1.01. The predicted molar refractivity (Wildman–Crippen MR) is 86.4 cm³/mol. The van der Waals surface area contributed by atoms with Gasteiger partial charge in [-0.2, -0.15) is 5.10 Å². The van der Waals surface area contributed by atoms with E-state index in [0.29, 0.717) is 13.2 Å². The van der Waals surface area contributed by atoms with E-state index in [0.717, 1.165) is 42.3 Å². The summed E-state index contributed by atoms with van der Waals surface area (Å²) in [5.41, 5.74) is 4.54. The maximum absolute atomic E-state index is 5.82. The molecule has 0 aliphatic carbocycles. The Kier molecular flexibility index (Phi) is 4.34. The van der Waals surface area contributed by atoms with Crippen LogP contribution < -0.4 is 9.47 Å². The van der Waals surface area contributed by atoms with Gasteiger partial charge in [0.15, 0.2) is 0 Å². The monoisotopic (exact) mass is 301 g/mol. The molecule has 0 unspecified atom stereocenters. The van der Waals surface area contributed by atoms with Crippen molar-refractivity contribution in [1.29, 1.82) is 0 Å². The van der Waals surface area contributed by atoms with Gasteiger partial charge in [-0.3, -0.25) is 5.10 Å². The third-order valence-electron chi connectivity index (χ3n) is 3.94. The third kappa shape index (κ3) is 2.81. The number of likely N-dealkylation sites (N-methyl/N-ethyl adjacent to an activating group) is 1. The number of hydrogen-bond acceptors (Lipinski definition) is 4. The number of hydrogen-bond donors (Lipinski definition) is 1. The van der Waals surface area contributed by atoms with Crippen molar-refractivity contribution in [2.45, 2.75) is 26.8 Å². The topological polar surface area (TPSA) is 50.4 Å². The lowest BCUT2D eigenvalue weighted by Gasteiger charge is -2.22. The van der Waals surface area contributed by atoms with E-state index in [9.17, 15) is 0 Å². The van der Waals surface area contributed by atoms with Gasteiger partial charge in [0.2, 0.25) is 0 Å². The van der Waals surface area contributed by atoms with Crippen molar-refractivity contribution < 1.29 is 9.47 Å². The van der Waals surface area contributed by atoms with Gasteiger partial charge in [0, 0.05) is 42.4 Å². The average molecular weight is 301 g/mol. The van der Waals surface area contributed by atoms with Crippen molar-refractivity contribution in [2.75, 3.05) is 26.8 Å². The van der Waals surface area contributed by atoms with Crippen LogP contribution in [0.5, 0.6) is 11.5 Å². The fourth-order valence-electron chi connectivity index (χ4n) is 2.88. The zero-order valence-corrected chi connectivity index (χ0v) is 13.5. The lowest BCUT2D eigenvalue weighted by molar-refractivity contribution is 0.311. The second-order valence-corrected chi connectivity index (χ2v) is 5.54. The summed E-state index contributed by atoms with van der Waals surface area (Å²) in [7, 11) is 2.14. The van der Waals surface area contributed by atoms with E-state index in [1.165, 1.54) is 11.3 Å². The number of rotatable bonds is 5. The van der Waals surface area contributed by atoms with Crippen LogP contribution in [0.4, 0.5) is 0 Å². The van der Waals surface area contributed by atoms with Gasteiger partial charge in [0.05, 0.1) is 13.2 Å². The zero-order valence-electron chi connectivity index (χ0n) is 13.5. The van der Waals surface area contributed by atoms with E-state index < -0.39 is 0 Å². The summed E-state index contributed by atoms with van der Waals surface area (Å²) in [6, 6.07) is 5.98. The first-order valence-electron chi connectivity index (χ1n) is 7.87. The lowest BCUT2D eigenvalue weighted by Crippen LogP contribution is -2.26. The molecule has 5 heteroatoms. The van der Waals surface area contributed by atoms with Crippen LogP contribution in [0, 0.1) is 0 Å². The van der Waals surface area contributed by atoms with Crippen LogP contribution in [-0.2, 0) is 13.0 Å². The van der Waals surface area contributed by atoms with E-state index in [1.807, 2.05) is 32.0 Å². The summed E-state index contributed by atoms with van der Waals surface area (Å²) in [4.78, 5) is 2.32. The van der Waals surface area contributed by atoms with E-state index >= 15 is 0 Å². The Bertz CT molecular complexity index is 651. The Morgan fingerprint density at radius 1 is 1.23 bits per heavy atom. The first-order valence-corrected chi connectivity index (χ1v) is 7.87. The molecule has 1 N–H and O–H groups in total. The third-order valence-corrected chi connectivity index (χ3v) is 3.94. The highest BCUT2D eigenvalue weighted by Gasteiger charge is 2.22. The van der Waals surface area contributed by atoms with Crippen molar-refractivity contribution >= 4 is 0 Å². The molecule has 0 amide bonds. The molecule has 0 fully saturated rings. The predicted octanol–water partition coefficient (Wildman–Crippen LogP) is 2.86. The molecular formula is C17H23N3O2. The Morgan fingerprint density at radius 2 is 2.05 bits per heavy atom. The van der Waals surface area contributed by atoms with Gasteiger partial charge < -0.3 is 14.4 Å². The van der Waals surface area contributed by atoms with Gasteiger partial charge in [-0.1, -0.05) is 0 Å². The number of aromatic amines is 1. The van der Waals surface area contributed by atoms with Gasteiger partial charge in [-0.15, -0.1) is 0 Å². The highest BCUT2D eigenvalue weighted by atomic mass is 16.5. The second-order valence-electron chi connectivity index (χ2n) is 5.54. The summed E-state index contributed by atoms with van der Waals surface area (Å²) in [5.74, 6) is 1.66. The SMILES string of the molecule is CCOc1ccc(-c2n[nH]c3c2CN(C)CC3)c(OCC)c1. The van der Waals surface area contributed by atoms with Crippen LogP contribution in [0.1, 0.15) is 25.1 Å². The number of fused-ring (bicyclic) bond motifs is 1. The number of nitrogens with zero attached hydrogens (tertiary/aromatic N) is 2. The van der Waals surface area contributed by atoms with E-state index in [-0.39, 0.29) is 0 Å².